The predicted octanol–water partition coefficient (Wildman–Crippen LogP) is 6.14. The van der Waals surface area contributed by atoms with E-state index in [4.69, 9.17) is 37.9 Å². The normalized spacial score (nSPS) is 21.0. The summed E-state index contributed by atoms with van der Waals surface area (Å²) in [6.45, 7) is 29.8. The van der Waals surface area contributed by atoms with Crippen LogP contribution in [0, 0.1) is 0 Å². The van der Waals surface area contributed by atoms with Crippen molar-refractivity contribution in [2.24, 2.45) is 0 Å². The first-order chi connectivity index (χ1) is 29.6. The van der Waals surface area contributed by atoms with Gasteiger partial charge in [-0.2, -0.15) is 0 Å². The molecule has 2 aromatic heterocycles. The van der Waals surface area contributed by atoms with Crippen LogP contribution in [0.3, 0.4) is 0 Å². The van der Waals surface area contributed by atoms with Crippen molar-refractivity contribution in [3.05, 3.63) is 12.7 Å². The summed E-state index contributed by atoms with van der Waals surface area (Å²) >= 11 is 0. The van der Waals surface area contributed by atoms with E-state index in [1.807, 2.05) is 4.90 Å². The number of nitrogens with one attached hydrogen (secondary N) is 3. The lowest BCUT2D eigenvalue weighted by molar-refractivity contribution is -0.198. The number of carbonyl (C=O) groups is 5. The number of alkyl carbamates (subject to hydrolysis) is 2. The van der Waals surface area contributed by atoms with Crippen LogP contribution in [0.5, 0.6) is 0 Å². The SMILES string of the molecule is CC(C)(C)OC(=O)Nc1ncnc2c1ncn2[C@@H]1O[C@H](CN(CCC(NC(=O)OC(C)(C)C)C(=O)OC(C)(C)C)CCC(NC(=O)OC(C)(C)C)C(=O)OC(C)(C)C)[C@H]2OC(C)(C)O[C@H]21. The maximum absolute atomic E-state index is 13.6. The fraction of sp³-hybridized carbons (Fsp3) is 0.773. The molecule has 0 saturated carbocycles. The maximum atomic E-state index is 13.6. The summed E-state index contributed by atoms with van der Waals surface area (Å²) in [4.78, 5) is 81.3. The Kier molecular flexibility index (Phi) is 16.2. The topological polar surface area (TPSA) is 242 Å². The molecule has 3 N–H and O–H groups in total. The van der Waals surface area contributed by atoms with Gasteiger partial charge < -0.3 is 53.4 Å². The van der Waals surface area contributed by atoms with E-state index in [0.29, 0.717) is 5.65 Å². The lowest BCUT2D eigenvalue weighted by atomic mass is 10.1. The molecule has 3 amide bonds. The summed E-state index contributed by atoms with van der Waals surface area (Å²) in [5.41, 5.74) is -3.59. The van der Waals surface area contributed by atoms with E-state index in [2.05, 4.69) is 30.9 Å². The molecule has 2 fully saturated rings. The molecule has 2 unspecified atom stereocenters. The zero-order chi connectivity index (χ0) is 49.1. The Hall–Kier alpha value is -4.86. The molecule has 0 radical (unpaired) electrons. The molecule has 2 saturated heterocycles. The Balaban J connectivity index is 1.70. The number of fused-ring (bicyclic) bond motifs is 2. The molecule has 21 heteroatoms. The second-order valence-electron chi connectivity index (χ2n) is 21.6. The minimum atomic E-state index is -1.15. The second kappa shape index (κ2) is 19.9. The molecule has 65 heavy (non-hydrogen) atoms. The van der Waals surface area contributed by atoms with Gasteiger partial charge in [0.05, 0.1) is 6.33 Å². The first-order valence-corrected chi connectivity index (χ1v) is 21.9. The summed E-state index contributed by atoms with van der Waals surface area (Å²) in [7, 11) is 0. The summed E-state index contributed by atoms with van der Waals surface area (Å²) in [6.07, 6.45) is -2.35. The van der Waals surface area contributed by atoms with Gasteiger partial charge in [-0.15, -0.1) is 0 Å². The Morgan fingerprint density at radius 2 is 1.11 bits per heavy atom. The van der Waals surface area contributed by atoms with Crippen LogP contribution in [-0.4, -0.2) is 138 Å². The van der Waals surface area contributed by atoms with Crippen LogP contribution in [0.25, 0.3) is 11.2 Å². The van der Waals surface area contributed by atoms with Crippen molar-refractivity contribution in [1.82, 2.24) is 35.1 Å². The van der Waals surface area contributed by atoms with E-state index >= 15 is 0 Å². The fourth-order valence-electron chi connectivity index (χ4n) is 6.88. The van der Waals surface area contributed by atoms with Crippen LogP contribution in [0.2, 0.25) is 0 Å². The van der Waals surface area contributed by atoms with Gasteiger partial charge in [0.1, 0.15) is 64.7 Å². The van der Waals surface area contributed by atoms with Gasteiger partial charge in [-0.05, 0) is 131 Å². The van der Waals surface area contributed by atoms with Crippen LogP contribution in [0.15, 0.2) is 12.7 Å². The van der Waals surface area contributed by atoms with E-state index in [9.17, 15) is 24.0 Å². The van der Waals surface area contributed by atoms with Crippen LogP contribution in [0.4, 0.5) is 20.2 Å². The minimum Gasteiger partial charge on any atom is -0.458 e. The van der Waals surface area contributed by atoms with Gasteiger partial charge in [-0.1, -0.05) is 0 Å². The Morgan fingerprint density at radius 3 is 1.57 bits per heavy atom. The summed E-state index contributed by atoms with van der Waals surface area (Å²) in [6, 6.07) is -2.30. The van der Waals surface area contributed by atoms with Gasteiger partial charge in [-0.25, -0.2) is 38.9 Å². The lowest BCUT2D eigenvalue weighted by Crippen LogP contribution is -2.50. The highest BCUT2D eigenvalue weighted by atomic mass is 16.8. The third-order valence-electron chi connectivity index (χ3n) is 9.05. The van der Waals surface area contributed by atoms with Gasteiger partial charge in [0.25, 0.3) is 0 Å². The number of rotatable bonds is 14. The van der Waals surface area contributed by atoms with Gasteiger partial charge in [0.15, 0.2) is 29.0 Å². The van der Waals surface area contributed by atoms with Gasteiger partial charge >= 0.3 is 30.2 Å². The molecule has 4 rings (SSSR count). The van der Waals surface area contributed by atoms with Crippen LogP contribution >= 0.6 is 0 Å². The summed E-state index contributed by atoms with van der Waals surface area (Å²) < 4.78 is 49.2. The molecular formula is C44H72N8O13. The number of nitrogens with zero attached hydrogens (tertiary/aromatic N) is 5. The third-order valence-corrected chi connectivity index (χ3v) is 9.05. The maximum Gasteiger partial charge on any atom is 0.413 e. The molecule has 21 nitrogen and oxygen atoms in total. The number of esters is 2. The Labute approximate surface area is 382 Å². The van der Waals surface area contributed by atoms with E-state index in [1.54, 1.807) is 122 Å². The first-order valence-electron chi connectivity index (χ1n) is 21.9. The molecule has 2 aromatic rings. The second-order valence-corrected chi connectivity index (χ2v) is 21.6. The van der Waals surface area contributed by atoms with Crippen molar-refractivity contribution in [1.29, 1.82) is 0 Å². The van der Waals surface area contributed by atoms with Gasteiger partial charge in [-0.3, -0.25) is 9.88 Å². The number of aromatic nitrogens is 4. The molecular weight excluding hydrogens is 849 g/mol. The van der Waals surface area contributed by atoms with Crippen molar-refractivity contribution in [2.75, 3.05) is 25.0 Å². The molecule has 0 bridgehead atoms. The molecule has 4 heterocycles. The van der Waals surface area contributed by atoms with Crippen molar-refractivity contribution in [2.45, 2.75) is 201 Å². The number of imidazole rings is 1. The zero-order valence-electron chi connectivity index (χ0n) is 41.2. The largest absolute Gasteiger partial charge is 0.458 e. The highest BCUT2D eigenvalue weighted by molar-refractivity contribution is 5.93. The van der Waals surface area contributed by atoms with Crippen LogP contribution < -0.4 is 16.0 Å². The fourth-order valence-corrected chi connectivity index (χ4v) is 6.88. The van der Waals surface area contributed by atoms with Crippen molar-refractivity contribution in [3.8, 4) is 0 Å². The third kappa shape index (κ3) is 16.8. The summed E-state index contributed by atoms with van der Waals surface area (Å²) in [5.74, 6) is -2.26. The number of ether oxygens (including phenoxy) is 8. The Morgan fingerprint density at radius 1 is 0.662 bits per heavy atom. The average Bonchev–Trinajstić information content (AvgIpc) is 3.75. The smallest absolute Gasteiger partial charge is 0.413 e. The molecule has 2 aliphatic rings. The number of amides is 3. The van der Waals surface area contributed by atoms with Gasteiger partial charge in [0, 0.05) is 19.6 Å². The summed E-state index contributed by atoms with van der Waals surface area (Å²) in [5, 5.41) is 8.00. The number of hydrogen-bond acceptors (Lipinski definition) is 17. The number of hydrogen-bond donors (Lipinski definition) is 3. The molecule has 0 spiro atoms. The number of anilines is 1. The molecule has 0 aromatic carbocycles. The van der Waals surface area contributed by atoms with Gasteiger partial charge in [0.2, 0.25) is 0 Å². The van der Waals surface area contributed by atoms with Crippen molar-refractivity contribution in [3.63, 3.8) is 0 Å². The van der Waals surface area contributed by atoms with E-state index in [-0.39, 0.29) is 43.8 Å². The predicted molar refractivity (Wildman–Crippen MR) is 237 cm³/mol. The quantitative estimate of drug-likeness (QED) is 0.142. The molecule has 6 atom stereocenters. The lowest BCUT2D eigenvalue weighted by Gasteiger charge is -2.32. The Bertz CT molecular complexity index is 1940. The molecule has 0 aliphatic carbocycles. The molecule has 366 valence electrons. The zero-order valence-corrected chi connectivity index (χ0v) is 41.2. The highest BCUT2D eigenvalue weighted by Gasteiger charge is 2.56. The minimum absolute atomic E-state index is 0.0361. The van der Waals surface area contributed by atoms with E-state index < -0.39 is 101 Å². The van der Waals surface area contributed by atoms with Crippen LogP contribution in [0.1, 0.15) is 137 Å². The molecule has 2 aliphatic heterocycles. The first kappa shape index (κ1) is 52.8. The average molecular weight is 921 g/mol. The standard InChI is InChI=1S/C44H72N8O13/c1-39(2,3)61-34(53)25(48-36(55)63-41(7,8)9)18-20-51(21-19-26(35(54)62-40(4,5)6)49-37(56)64-42(10,11)12)22-27-29-30(60-44(16,17)59-29)33(58-27)52-24-47-28-31(45-23-46-32(28)52)50-38(57)65-43(13,14)15/h23-27,29-30,33H,18-22H2,1-17H3,(H,48,55)(H,49,56)(H,45,46,50,57)/t25?,26?,27-,29-,30-,33-/m1/s1. The van der Waals surface area contributed by atoms with Crippen molar-refractivity contribution >= 4 is 47.2 Å². The highest BCUT2D eigenvalue weighted by Crippen LogP contribution is 2.44. The van der Waals surface area contributed by atoms with E-state index in [0.717, 1.165) is 0 Å². The number of carbonyl (C=O) groups excluding carboxylic acids is 5. The van der Waals surface area contributed by atoms with Crippen molar-refractivity contribution < 1.29 is 61.9 Å². The van der Waals surface area contributed by atoms with Crippen LogP contribution in [-0.2, 0) is 47.5 Å². The monoisotopic (exact) mass is 921 g/mol. The van der Waals surface area contributed by atoms with E-state index in [1.165, 1.54) is 12.7 Å².